The van der Waals surface area contributed by atoms with Crippen molar-refractivity contribution in [1.82, 2.24) is 29.7 Å². The summed E-state index contributed by atoms with van der Waals surface area (Å²) in [5, 5.41) is 0. The fourth-order valence-electron chi connectivity index (χ4n) is 5.00. The van der Waals surface area contributed by atoms with Crippen LogP contribution in [-0.2, 0) is 11.3 Å². The molecule has 0 unspecified atom stereocenters. The zero-order valence-electron chi connectivity index (χ0n) is 21.1. The molecule has 0 aliphatic carbocycles. The molecule has 1 aliphatic rings. The molecule has 1 amide bonds. The van der Waals surface area contributed by atoms with Crippen molar-refractivity contribution in [2.75, 3.05) is 20.1 Å². The number of hydrogen-bond donors (Lipinski definition) is 2. The van der Waals surface area contributed by atoms with Crippen LogP contribution in [0, 0.1) is 0 Å². The van der Waals surface area contributed by atoms with Crippen LogP contribution in [0.1, 0.15) is 50.3 Å². The number of hydrogen-bond acceptors (Lipinski definition) is 4. The average molecular weight is 483 g/mol. The normalized spacial score (nSPS) is 16.2. The summed E-state index contributed by atoms with van der Waals surface area (Å²) in [6.45, 7) is 4.42. The number of aromatic nitrogens is 4. The molecular formula is C29H34N6O. The smallest absolute Gasteiger partial charge is 0.210 e. The predicted octanol–water partition coefficient (Wildman–Crippen LogP) is 5.66. The molecule has 1 atom stereocenters. The van der Waals surface area contributed by atoms with Crippen LogP contribution in [0.25, 0.3) is 33.6 Å². The summed E-state index contributed by atoms with van der Waals surface area (Å²) in [6.07, 6.45) is 9.29. The summed E-state index contributed by atoms with van der Waals surface area (Å²) < 4.78 is 0. The minimum atomic E-state index is 0.386. The van der Waals surface area contributed by atoms with Gasteiger partial charge in [-0.15, -0.1) is 0 Å². The molecule has 7 nitrogen and oxygen atoms in total. The van der Waals surface area contributed by atoms with Gasteiger partial charge in [-0.25, -0.2) is 9.97 Å². The first-order chi connectivity index (χ1) is 17.6. The summed E-state index contributed by atoms with van der Waals surface area (Å²) in [5.74, 6) is 1.86. The van der Waals surface area contributed by atoms with Gasteiger partial charge in [-0.3, -0.25) is 9.69 Å². The van der Waals surface area contributed by atoms with E-state index in [4.69, 9.17) is 4.98 Å². The first kappa shape index (κ1) is 24.0. The summed E-state index contributed by atoms with van der Waals surface area (Å²) in [5.41, 5.74) is 6.56. The maximum atomic E-state index is 11.2. The number of carbonyl (C=O) groups excluding carboxylic acids is 1. The summed E-state index contributed by atoms with van der Waals surface area (Å²) >= 11 is 0. The van der Waals surface area contributed by atoms with Gasteiger partial charge < -0.3 is 14.9 Å². The molecule has 2 N–H and O–H groups in total. The lowest BCUT2D eigenvalue weighted by atomic mass is 10.0. The van der Waals surface area contributed by atoms with Crippen LogP contribution >= 0.6 is 0 Å². The maximum Gasteiger partial charge on any atom is 0.210 e. The van der Waals surface area contributed by atoms with Crippen molar-refractivity contribution >= 4 is 6.41 Å². The minimum Gasteiger partial charge on any atom is -0.341 e. The maximum absolute atomic E-state index is 11.2. The van der Waals surface area contributed by atoms with Crippen molar-refractivity contribution in [3.05, 3.63) is 72.6 Å². The largest absolute Gasteiger partial charge is 0.341 e. The molecule has 4 aromatic rings. The van der Waals surface area contributed by atoms with Gasteiger partial charge in [0.2, 0.25) is 6.41 Å². The van der Waals surface area contributed by atoms with Crippen LogP contribution in [0.5, 0.6) is 0 Å². The van der Waals surface area contributed by atoms with E-state index >= 15 is 0 Å². The van der Waals surface area contributed by atoms with E-state index in [1.165, 1.54) is 18.4 Å². The van der Waals surface area contributed by atoms with Crippen LogP contribution in [0.2, 0.25) is 0 Å². The van der Waals surface area contributed by atoms with E-state index in [0.29, 0.717) is 12.6 Å². The average Bonchev–Trinajstić information content (AvgIpc) is 3.59. The quantitative estimate of drug-likeness (QED) is 0.302. The number of imidazole rings is 2. The summed E-state index contributed by atoms with van der Waals surface area (Å²) in [7, 11) is 2.19. The fourth-order valence-corrected chi connectivity index (χ4v) is 5.00. The zero-order valence-corrected chi connectivity index (χ0v) is 21.1. The second-order valence-corrected chi connectivity index (χ2v) is 9.65. The fraction of sp³-hybridized carbons (Fsp3) is 0.345. The predicted molar refractivity (Wildman–Crippen MR) is 143 cm³/mol. The van der Waals surface area contributed by atoms with E-state index in [2.05, 4.69) is 82.4 Å². The lowest BCUT2D eigenvalue weighted by Crippen LogP contribution is -2.30. The second kappa shape index (κ2) is 10.9. The lowest BCUT2D eigenvalue weighted by Gasteiger charge is -2.30. The summed E-state index contributed by atoms with van der Waals surface area (Å²) in [4.78, 5) is 31.4. The number of aromatic amines is 2. The molecule has 5 rings (SSSR count). The van der Waals surface area contributed by atoms with Gasteiger partial charge in [-0.1, -0.05) is 61.9 Å². The highest BCUT2D eigenvalue weighted by molar-refractivity contribution is 5.71. The van der Waals surface area contributed by atoms with Crippen molar-refractivity contribution in [3.8, 4) is 33.6 Å². The van der Waals surface area contributed by atoms with E-state index in [1.807, 2.05) is 12.4 Å². The molecule has 2 aromatic heterocycles. The molecule has 3 heterocycles. The zero-order chi connectivity index (χ0) is 24.9. The Bertz CT molecular complexity index is 1270. The van der Waals surface area contributed by atoms with Gasteiger partial charge in [0.05, 0.1) is 36.4 Å². The molecule has 186 valence electrons. The second-order valence-electron chi connectivity index (χ2n) is 9.65. The third kappa shape index (κ3) is 5.26. The Balaban J connectivity index is 1.26. The van der Waals surface area contributed by atoms with E-state index < -0.39 is 0 Å². The molecular weight excluding hydrogens is 448 g/mol. The molecule has 0 radical (unpaired) electrons. The molecule has 1 saturated heterocycles. The highest BCUT2D eigenvalue weighted by atomic mass is 16.1. The summed E-state index contributed by atoms with van der Waals surface area (Å²) in [6, 6.07) is 17.5. The molecule has 7 heteroatoms. The molecule has 2 aromatic carbocycles. The van der Waals surface area contributed by atoms with Gasteiger partial charge in [0, 0.05) is 6.54 Å². The third-order valence-electron chi connectivity index (χ3n) is 7.05. The first-order valence-corrected chi connectivity index (χ1v) is 12.8. The van der Waals surface area contributed by atoms with Crippen molar-refractivity contribution in [2.24, 2.45) is 0 Å². The number of nitrogens with one attached hydrogen (secondary N) is 2. The van der Waals surface area contributed by atoms with Crippen molar-refractivity contribution in [3.63, 3.8) is 0 Å². The number of nitrogens with zero attached hydrogens (tertiary/aromatic N) is 4. The number of H-pyrrole nitrogens is 2. The lowest BCUT2D eigenvalue weighted by molar-refractivity contribution is -0.118. The number of benzene rings is 2. The van der Waals surface area contributed by atoms with E-state index in [0.717, 1.165) is 72.1 Å². The Labute approximate surface area is 212 Å². The van der Waals surface area contributed by atoms with Crippen LogP contribution in [0.3, 0.4) is 0 Å². The third-order valence-corrected chi connectivity index (χ3v) is 7.05. The number of amides is 1. The first-order valence-electron chi connectivity index (χ1n) is 12.8. The van der Waals surface area contributed by atoms with Crippen LogP contribution in [-0.4, -0.2) is 56.3 Å². The standard InChI is InChI=1S/C29H34N6O/c1-3-15-35(20-36)19-28-30-17-25(32-28)23-11-7-21(8-12-23)22-9-13-24(14-10-22)26-18-31-29(33-26)27-6-4-5-16-34(27)2/h7-14,17-18,20,27H,3-6,15-16,19H2,1-2H3,(H,30,32)(H,31,33)/t27-/m0/s1. The van der Waals surface area contributed by atoms with Crippen LogP contribution in [0.4, 0.5) is 0 Å². The van der Waals surface area contributed by atoms with Gasteiger partial charge >= 0.3 is 0 Å². The number of carbonyl (C=O) groups is 1. The number of rotatable bonds is 9. The minimum absolute atomic E-state index is 0.386. The molecule has 36 heavy (non-hydrogen) atoms. The Morgan fingerprint density at radius 3 is 2.14 bits per heavy atom. The van der Waals surface area contributed by atoms with Gasteiger partial charge in [0.1, 0.15) is 11.6 Å². The van der Waals surface area contributed by atoms with Crippen molar-refractivity contribution in [1.29, 1.82) is 0 Å². The molecule has 1 fully saturated rings. The molecule has 0 saturated carbocycles. The van der Waals surface area contributed by atoms with E-state index in [9.17, 15) is 4.79 Å². The monoisotopic (exact) mass is 482 g/mol. The molecule has 0 spiro atoms. The SMILES string of the molecule is CCCN(C=O)Cc1ncc(-c2ccc(-c3ccc(-c4cnc([C@@H]5CCCCN5C)[nH]4)cc3)cc2)[nH]1. The number of piperidine rings is 1. The van der Waals surface area contributed by atoms with Gasteiger partial charge in [-0.05, 0) is 55.1 Å². The Morgan fingerprint density at radius 1 is 0.917 bits per heavy atom. The highest BCUT2D eigenvalue weighted by Gasteiger charge is 2.23. The topological polar surface area (TPSA) is 80.9 Å². The van der Waals surface area contributed by atoms with Gasteiger partial charge in [-0.2, -0.15) is 0 Å². The van der Waals surface area contributed by atoms with E-state index in [1.54, 1.807) is 4.90 Å². The van der Waals surface area contributed by atoms with Gasteiger partial charge in [0.25, 0.3) is 0 Å². The Hall–Kier alpha value is -3.71. The molecule has 1 aliphatic heterocycles. The van der Waals surface area contributed by atoms with Crippen molar-refractivity contribution in [2.45, 2.75) is 45.2 Å². The van der Waals surface area contributed by atoms with Gasteiger partial charge in [0.15, 0.2) is 0 Å². The molecule has 0 bridgehead atoms. The van der Waals surface area contributed by atoms with Crippen LogP contribution < -0.4 is 0 Å². The Morgan fingerprint density at radius 2 is 1.53 bits per heavy atom. The number of likely N-dealkylation sites (tertiary alicyclic amines) is 1. The highest BCUT2D eigenvalue weighted by Crippen LogP contribution is 2.30. The van der Waals surface area contributed by atoms with Crippen molar-refractivity contribution < 1.29 is 4.79 Å². The van der Waals surface area contributed by atoms with Crippen LogP contribution in [0.15, 0.2) is 60.9 Å². The van der Waals surface area contributed by atoms with E-state index in [-0.39, 0.29) is 0 Å². The Kier molecular flexibility index (Phi) is 7.28.